The zero-order valence-corrected chi connectivity index (χ0v) is 11.8. The van der Waals surface area contributed by atoms with Crippen LogP contribution in [0.25, 0.3) is 0 Å². The summed E-state index contributed by atoms with van der Waals surface area (Å²) in [5.41, 5.74) is 0.752. The number of ketones is 1. The van der Waals surface area contributed by atoms with Gasteiger partial charge in [-0.1, -0.05) is 30.3 Å². The molecule has 0 saturated carbocycles. The molecule has 1 aromatic carbocycles. The molecule has 3 N–H and O–H groups in total. The van der Waals surface area contributed by atoms with Gasteiger partial charge in [0.1, 0.15) is 6.04 Å². The van der Waals surface area contributed by atoms with Gasteiger partial charge in [0.05, 0.1) is 18.9 Å². The second kappa shape index (κ2) is 7.53. The summed E-state index contributed by atoms with van der Waals surface area (Å²) in [5, 5.41) is 21.6. The van der Waals surface area contributed by atoms with Gasteiger partial charge in [-0.05, 0) is 17.7 Å². The molecule has 6 heteroatoms. The highest BCUT2D eigenvalue weighted by Gasteiger charge is 2.26. The molecule has 0 unspecified atom stereocenters. The summed E-state index contributed by atoms with van der Waals surface area (Å²) in [5.74, 6) is -1.45. The molecule has 0 aliphatic heterocycles. The Labute approximate surface area is 127 Å². The van der Waals surface area contributed by atoms with E-state index >= 15 is 0 Å². The average molecular weight is 303 g/mol. The zero-order valence-electron chi connectivity index (χ0n) is 11.8. The normalized spacial score (nSPS) is 13.5. The maximum Gasteiger partial charge on any atom is 0.321 e. The Morgan fingerprint density at radius 1 is 1.14 bits per heavy atom. The number of carbonyl (C=O) groups excluding carboxylic acids is 1. The molecule has 22 heavy (non-hydrogen) atoms. The number of aliphatic hydroxyl groups is 1. The molecule has 0 bridgehead atoms. The van der Waals surface area contributed by atoms with Crippen molar-refractivity contribution in [2.45, 2.75) is 18.5 Å². The summed E-state index contributed by atoms with van der Waals surface area (Å²) >= 11 is 0. The first-order valence-electron chi connectivity index (χ1n) is 6.83. The van der Waals surface area contributed by atoms with Crippen LogP contribution in [0, 0.1) is 0 Å². The number of Topliss-reactive ketones (excluding diaryl/α,β-unsaturated/α-hetero) is 1. The van der Waals surface area contributed by atoms with Crippen LogP contribution in [0.1, 0.15) is 28.6 Å². The Hall–Kier alpha value is -2.44. The minimum Gasteiger partial charge on any atom is -0.480 e. The van der Waals surface area contributed by atoms with Crippen molar-refractivity contribution in [1.82, 2.24) is 5.32 Å². The highest BCUT2D eigenvalue weighted by Crippen LogP contribution is 2.15. The molecular formula is C16H17NO5. The fourth-order valence-electron chi connectivity index (χ4n) is 2.12. The molecule has 0 radical (unpaired) electrons. The Morgan fingerprint density at radius 2 is 1.86 bits per heavy atom. The monoisotopic (exact) mass is 303 g/mol. The summed E-state index contributed by atoms with van der Waals surface area (Å²) in [7, 11) is 0. The third-order valence-electron chi connectivity index (χ3n) is 3.27. The lowest BCUT2D eigenvalue weighted by Gasteiger charge is -2.21. The highest BCUT2D eigenvalue weighted by atomic mass is 16.4. The molecule has 2 aromatic rings. The lowest BCUT2D eigenvalue weighted by Crippen LogP contribution is -2.41. The first-order chi connectivity index (χ1) is 10.6. The number of hydrogen-bond acceptors (Lipinski definition) is 5. The van der Waals surface area contributed by atoms with Crippen molar-refractivity contribution >= 4 is 11.8 Å². The molecule has 0 fully saturated rings. The predicted octanol–water partition coefficient (Wildman–Crippen LogP) is 1.63. The third kappa shape index (κ3) is 4.03. The van der Waals surface area contributed by atoms with Gasteiger partial charge < -0.3 is 14.6 Å². The second-order valence-corrected chi connectivity index (χ2v) is 4.81. The summed E-state index contributed by atoms with van der Waals surface area (Å²) < 4.78 is 4.97. The quantitative estimate of drug-likeness (QED) is 0.641. The van der Waals surface area contributed by atoms with Crippen LogP contribution in [0.2, 0.25) is 0 Å². The number of carbonyl (C=O) groups is 2. The van der Waals surface area contributed by atoms with Crippen molar-refractivity contribution in [3.05, 3.63) is 60.1 Å². The summed E-state index contributed by atoms with van der Waals surface area (Å²) in [6.45, 7) is -0.275. The molecule has 0 spiro atoms. The lowest BCUT2D eigenvalue weighted by molar-refractivity contribution is -0.139. The van der Waals surface area contributed by atoms with E-state index in [-0.39, 0.29) is 18.8 Å². The zero-order chi connectivity index (χ0) is 15.9. The van der Waals surface area contributed by atoms with Crippen LogP contribution in [-0.2, 0) is 4.79 Å². The Bertz CT molecular complexity index is 609. The highest BCUT2D eigenvalue weighted by molar-refractivity contribution is 5.96. The summed E-state index contributed by atoms with van der Waals surface area (Å²) in [6.07, 6.45) is 1.10. The van der Waals surface area contributed by atoms with Crippen molar-refractivity contribution in [2.75, 3.05) is 6.61 Å². The van der Waals surface area contributed by atoms with Gasteiger partial charge in [-0.15, -0.1) is 0 Å². The van der Waals surface area contributed by atoms with E-state index in [1.54, 1.807) is 30.3 Å². The summed E-state index contributed by atoms with van der Waals surface area (Å²) in [6, 6.07) is 10.3. The number of carboxylic acid groups (broad SMARTS) is 1. The first kappa shape index (κ1) is 15.9. The van der Waals surface area contributed by atoms with Crippen LogP contribution in [0.4, 0.5) is 0 Å². The van der Waals surface area contributed by atoms with Gasteiger partial charge in [-0.2, -0.15) is 0 Å². The maximum absolute atomic E-state index is 12.0. The molecule has 0 amide bonds. The molecule has 0 saturated heterocycles. The van der Waals surface area contributed by atoms with Gasteiger partial charge in [-0.3, -0.25) is 14.9 Å². The average Bonchev–Trinajstić information content (AvgIpc) is 3.06. The van der Waals surface area contributed by atoms with E-state index in [2.05, 4.69) is 5.32 Å². The Kier molecular flexibility index (Phi) is 5.46. The fourth-order valence-corrected chi connectivity index (χ4v) is 2.12. The smallest absolute Gasteiger partial charge is 0.321 e. The van der Waals surface area contributed by atoms with Crippen molar-refractivity contribution in [1.29, 1.82) is 0 Å². The van der Waals surface area contributed by atoms with E-state index in [4.69, 9.17) is 4.42 Å². The Balaban J connectivity index is 2.08. The number of aliphatic carboxylic acids is 1. The molecule has 6 nitrogen and oxygen atoms in total. The van der Waals surface area contributed by atoms with Crippen LogP contribution in [0.5, 0.6) is 0 Å². The van der Waals surface area contributed by atoms with E-state index in [1.807, 2.05) is 6.07 Å². The van der Waals surface area contributed by atoms with Crippen molar-refractivity contribution in [2.24, 2.45) is 0 Å². The second-order valence-electron chi connectivity index (χ2n) is 4.81. The van der Waals surface area contributed by atoms with Gasteiger partial charge in [0.15, 0.2) is 11.5 Å². The molecular weight excluding hydrogens is 286 g/mol. The van der Waals surface area contributed by atoms with Crippen LogP contribution >= 0.6 is 0 Å². The molecule has 2 rings (SSSR count). The number of aliphatic hydroxyl groups excluding tert-OH is 1. The molecule has 2 atom stereocenters. The molecule has 1 heterocycles. The standard InChI is InChI=1S/C16H17NO5/c18-10-13(11-5-2-1-3-6-11)17-12(16(20)21)9-14(19)15-7-4-8-22-15/h1-8,12-13,17-18H,9-10H2,(H,20,21)/t12-,13-/m0/s1. The topological polar surface area (TPSA) is 99.8 Å². The largest absolute Gasteiger partial charge is 0.480 e. The molecule has 0 aliphatic rings. The van der Waals surface area contributed by atoms with Crippen LogP contribution in [-0.4, -0.2) is 34.6 Å². The number of nitrogens with one attached hydrogen (secondary N) is 1. The van der Waals surface area contributed by atoms with E-state index in [9.17, 15) is 19.8 Å². The molecule has 0 aliphatic carbocycles. The number of hydrogen-bond donors (Lipinski definition) is 3. The van der Waals surface area contributed by atoms with Crippen LogP contribution in [0.15, 0.2) is 53.1 Å². The SMILES string of the molecule is O=C(C[C@H](N[C@@H](CO)c1ccccc1)C(=O)O)c1ccco1. The predicted molar refractivity (Wildman–Crippen MR) is 78.5 cm³/mol. The third-order valence-corrected chi connectivity index (χ3v) is 3.27. The van der Waals surface area contributed by atoms with Gasteiger partial charge in [0.2, 0.25) is 0 Å². The van der Waals surface area contributed by atoms with Gasteiger partial charge in [0.25, 0.3) is 0 Å². The van der Waals surface area contributed by atoms with Gasteiger partial charge in [-0.25, -0.2) is 0 Å². The molecule has 116 valence electrons. The Morgan fingerprint density at radius 3 is 2.41 bits per heavy atom. The number of rotatable bonds is 8. The minimum absolute atomic E-state index is 0.119. The first-order valence-corrected chi connectivity index (χ1v) is 6.83. The number of benzene rings is 1. The fraction of sp³-hybridized carbons (Fsp3) is 0.250. The van der Waals surface area contributed by atoms with E-state index < -0.39 is 23.8 Å². The van der Waals surface area contributed by atoms with E-state index in [0.29, 0.717) is 0 Å². The van der Waals surface area contributed by atoms with Crippen molar-refractivity contribution in [3.8, 4) is 0 Å². The van der Waals surface area contributed by atoms with Gasteiger partial charge in [0, 0.05) is 6.42 Å². The van der Waals surface area contributed by atoms with Gasteiger partial charge >= 0.3 is 5.97 Å². The molecule has 1 aromatic heterocycles. The van der Waals surface area contributed by atoms with Crippen molar-refractivity contribution < 1.29 is 24.2 Å². The van der Waals surface area contributed by atoms with Crippen LogP contribution < -0.4 is 5.32 Å². The summed E-state index contributed by atoms with van der Waals surface area (Å²) in [4.78, 5) is 23.3. The van der Waals surface area contributed by atoms with Crippen LogP contribution in [0.3, 0.4) is 0 Å². The van der Waals surface area contributed by atoms with Crippen molar-refractivity contribution in [3.63, 3.8) is 0 Å². The number of furan rings is 1. The lowest BCUT2D eigenvalue weighted by atomic mass is 10.0. The number of carboxylic acids is 1. The minimum atomic E-state index is -1.16. The maximum atomic E-state index is 12.0. The van der Waals surface area contributed by atoms with E-state index in [0.717, 1.165) is 5.56 Å². The van der Waals surface area contributed by atoms with E-state index in [1.165, 1.54) is 12.3 Å².